The Kier molecular flexibility index (Phi) is 8.38. The molecule has 0 fully saturated rings. The Hall–Kier alpha value is -6.96. The number of hydrogen-bond acceptors (Lipinski definition) is 1. The Bertz CT molecular complexity index is 3050. The van der Waals surface area contributed by atoms with Crippen molar-refractivity contribution in [1.29, 1.82) is 0 Å². The Morgan fingerprint density at radius 3 is 1.26 bits per heavy atom. The molecular weight excluding hydrogens is 735 g/mol. The van der Waals surface area contributed by atoms with Crippen molar-refractivity contribution in [3.05, 3.63) is 221 Å². The van der Waals surface area contributed by atoms with E-state index in [1.165, 1.54) is 105 Å². The summed E-state index contributed by atoms with van der Waals surface area (Å²) < 4.78 is 0. The van der Waals surface area contributed by atoms with Crippen molar-refractivity contribution in [2.75, 3.05) is 4.90 Å². The maximum Gasteiger partial charge on any atom is 0.0619 e. The highest BCUT2D eigenvalue weighted by Crippen LogP contribution is 2.56. The van der Waals surface area contributed by atoms with E-state index >= 15 is 0 Å². The first-order chi connectivity index (χ1) is 29.6. The van der Waals surface area contributed by atoms with Crippen molar-refractivity contribution in [3.8, 4) is 55.6 Å². The molecule has 1 heteroatoms. The quantitative estimate of drug-likeness (QED) is 0.162. The van der Waals surface area contributed by atoms with Crippen LogP contribution in [0.3, 0.4) is 0 Å². The molecule has 11 rings (SSSR count). The van der Waals surface area contributed by atoms with Gasteiger partial charge in [0.1, 0.15) is 0 Å². The molecule has 0 aromatic heterocycles. The summed E-state index contributed by atoms with van der Waals surface area (Å²) in [6.07, 6.45) is 0. The van der Waals surface area contributed by atoms with Gasteiger partial charge in [0, 0.05) is 33.3 Å². The number of aryl methyl sites for hydroxylation is 2. The van der Waals surface area contributed by atoms with E-state index < -0.39 is 0 Å². The van der Waals surface area contributed by atoms with E-state index in [-0.39, 0.29) is 10.8 Å². The van der Waals surface area contributed by atoms with Crippen molar-refractivity contribution in [2.24, 2.45) is 0 Å². The predicted octanol–water partition coefficient (Wildman–Crippen LogP) is 16.5. The van der Waals surface area contributed by atoms with Crippen LogP contribution in [0.15, 0.2) is 188 Å². The van der Waals surface area contributed by atoms with Gasteiger partial charge in [-0.15, -0.1) is 0 Å². The van der Waals surface area contributed by atoms with Gasteiger partial charge in [0.25, 0.3) is 0 Å². The van der Waals surface area contributed by atoms with Crippen molar-refractivity contribution < 1.29 is 0 Å². The van der Waals surface area contributed by atoms with Crippen LogP contribution in [0.4, 0.5) is 17.1 Å². The molecular formula is C60H49N. The highest BCUT2D eigenvalue weighted by Gasteiger charge is 2.38. The van der Waals surface area contributed by atoms with Gasteiger partial charge in [0.2, 0.25) is 0 Å². The molecule has 0 atom stereocenters. The van der Waals surface area contributed by atoms with E-state index in [0.717, 1.165) is 11.4 Å². The summed E-state index contributed by atoms with van der Waals surface area (Å²) in [6.45, 7) is 14.1. The molecule has 0 bridgehead atoms. The van der Waals surface area contributed by atoms with Crippen molar-refractivity contribution in [2.45, 2.75) is 52.4 Å². The van der Waals surface area contributed by atoms with Crippen molar-refractivity contribution >= 4 is 27.8 Å². The number of benzene rings is 9. The Morgan fingerprint density at radius 2 is 0.738 bits per heavy atom. The van der Waals surface area contributed by atoms with Gasteiger partial charge in [0.05, 0.1) is 5.69 Å². The van der Waals surface area contributed by atoms with Crippen LogP contribution in [0, 0.1) is 13.8 Å². The zero-order valence-electron chi connectivity index (χ0n) is 35.8. The first kappa shape index (κ1) is 37.1. The summed E-state index contributed by atoms with van der Waals surface area (Å²) in [6, 6.07) is 70.7. The zero-order chi connectivity index (χ0) is 41.6. The third-order valence-corrected chi connectivity index (χ3v) is 14.0. The number of fused-ring (bicyclic) bond motifs is 7. The lowest BCUT2D eigenvalue weighted by molar-refractivity contribution is 0.660. The zero-order valence-corrected chi connectivity index (χ0v) is 35.8. The smallest absolute Gasteiger partial charge is 0.0619 e. The fourth-order valence-electron chi connectivity index (χ4n) is 10.7. The van der Waals surface area contributed by atoms with E-state index in [0.29, 0.717) is 0 Å². The molecule has 0 unspecified atom stereocenters. The SMILES string of the molecule is Cc1ccccc1-c1cc(-c2cccc3ccccc23)cc(-c2ccccc2C)c1N(c1ccc2c(c1)C(C)(C)c1ccccc1-2)c1ccc2c(c1)C(C)(C)c1ccccc1-2. The summed E-state index contributed by atoms with van der Waals surface area (Å²) in [4.78, 5) is 2.59. The van der Waals surface area contributed by atoms with Crippen LogP contribution in [0.2, 0.25) is 0 Å². The van der Waals surface area contributed by atoms with Gasteiger partial charge in [-0.25, -0.2) is 0 Å². The van der Waals surface area contributed by atoms with Crippen LogP contribution < -0.4 is 4.90 Å². The minimum Gasteiger partial charge on any atom is -0.309 e. The van der Waals surface area contributed by atoms with Gasteiger partial charge in [-0.05, 0) is 139 Å². The second kappa shape index (κ2) is 13.8. The Morgan fingerprint density at radius 1 is 0.328 bits per heavy atom. The highest BCUT2D eigenvalue weighted by atomic mass is 15.1. The lowest BCUT2D eigenvalue weighted by Gasteiger charge is -2.33. The maximum atomic E-state index is 2.59. The first-order valence-electron chi connectivity index (χ1n) is 21.7. The molecule has 1 nitrogen and oxygen atoms in total. The topological polar surface area (TPSA) is 3.24 Å². The monoisotopic (exact) mass is 783 g/mol. The average Bonchev–Trinajstić information content (AvgIpc) is 3.65. The van der Waals surface area contributed by atoms with Crippen LogP contribution >= 0.6 is 0 Å². The van der Waals surface area contributed by atoms with Crippen molar-refractivity contribution in [3.63, 3.8) is 0 Å². The molecule has 61 heavy (non-hydrogen) atoms. The standard InChI is InChI=1S/C60H49N/c1-38-18-7-10-22-44(38)52-34-41(47-27-17-21-40-20-9-12-24-46(40)47)35-53(45-23-11-8-19-39(45)2)58(52)61(42-30-32-50-48-25-13-15-28-54(48)59(3,4)56(50)36-42)43-31-33-51-49-26-14-16-29-55(49)60(5,6)57(51)37-43/h7-37H,1-6H3. The van der Waals surface area contributed by atoms with E-state index in [4.69, 9.17) is 0 Å². The van der Waals surface area contributed by atoms with E-state index in [2.05, 4.69) is 234 Å². The molecule has 0 saturated carbocycles. The molecule has 0 radical (unpaired) electrons. The Labute approximate surface area is 360 Å². The number of hydrogen-bond donors (Lipinski definition) is 0. The van der Waals surface area contributed by atoms with Crippen LogP contribution in [0.25, 0.3) is 66.4 Å². The maximum absolute atomic E-state index is 2.59. The fourth-order valence-corrected chi connectivity index (χ4v) is 10.7. The molecule has 0 heterocycles. The van der Waals surface area contributed by atoms with Gasteiger partial charge in [-0.1, -0.05) is 179 Å². The lowest BCUT2D eigenvalue weighted by Crippen LogP contribution is -2.19. The van der Waals surface area contributed by atoms with Crippen molar-refractivity contribution in [1.82, 2.24) is 0 Å². The Balaban J connectivity index is 1.27. The summed E-state index contributed by atoms with van der Waals surface area (Å²) in [5, 5.41) is 2.49. The molecule has 9 aromatic rings. The highest BCUT2D eigenvalue weighted by molar-refractivity contribution is 6.05. The fraction of sp³-hybridized carbons (Fsp3) is 0.133. The van der Waals surface area contributed by atoms with Crippen LogP contribution in [0.5, 0.6) is 0 Å². The summed E-state index contributed by atoms with van der Waals surface area (Å²) >= 11 is 0. The third-order valence-electron chi connectivity index (χ3n) is 14.0. The molecule has 294 valence electrons. The second-order valence-electron chi connectivity index (χ2n) is 18.2. The van der Waals surface area contributed by atoms with Crippen LogP contribution in [-0.4, -0.2) is 0 Å². The normalized spacial score (nSPS) is 14.0. The molecule has 0 aliphatic heterocycles. The molecule has 2 aliphatic carbocycles. The van der Waals surface area contributed by atoms with Gasteiger partial charge >= 0.3 is 0 Å². The minimum absolute atomic E-state index is 0.162. The molecule has 9 aromatic carbocycles. The predicted molar refractivity (Wildman–Crippen MR) is 260 cm³/mol. The number of anilines is 3. The van der Waals surface area contributed by atoms with Gasteiger partial charge in [-0.2, -0.15) is 0 Å². The van der Waals surface area contributed by atoms with E-state index in [9.17, 15) is 0 Å². The molecule has 0 saturated heterocycles. The van der Waals surface area contributed by atoms with Crippen LogP contribution in [0.1, 0.15) is 61.1 Å². The second-order valence-corrected chi connectivity index (χ2v) is 18.2. The van der Waals surface area contributed by atoms with Gasteiger partial charge < -0.3 is 4.90 Å². The van der Waals surface area contributed by atoms with E-state index in [1.54, 1.807) is 0 Å². The van der Waals surface area contributed by atoms with Gasteiger partial charge in [-0.3, -0.25) is 0 Å². The third kappa shape index (κ3) is 5.67. The largest absolute Gasteiger partial charge is 0.309 e. The number of nitrogens with zero attached hydrogens (tertiary/aromatic N) is 1. The minimum atomic E-state index is -0.162. The van der Waals surface area contributed by atoms with Crippen LogP contribution in [-0.2, 0) is 10.8 Å². The molecule has 0 N–H and O–H groups in total. The molecule has 0 amide bonds. The average molecular weight is 784 g/mol. The summed E-state index contributed by atoms with van der Waals surface area (Å²) in [5.41, 5.74) is 23.7. The van der Waals surface area contributed by atoms with E-state index in [1.807, 2.05) is 0 Å². The molecule has 0 spiro atoms. The summed E-state index contributed by atoms with van der Waals surface area (Å²) in [7, 11) is 0. The van der Waals surface area contributed by atoms with Gasteiger partial charge in [0.15, 0.2) is 0 Å². The molecule has 2 aliphatic rings. The lowest BCUT2D eigenvalue weighted by atomic mass is 9.81. The number of rotatable bonds is 6. The first-order valence-corrected chi connectivity index (χ1v) is 21.7. The summed E-state index contributed by atoms with van der Waals surface area (Å²) in [5.74, 6) is 0.